The number of hydrogen-bond acceptors (Lipinski definition) is 4. The van der Waals surface area contributed by atoms with E-state index in [4.69, 9.17) is 0 Å². The zero-order valence-electron chi connectivity index (χ0n) is 8.43. The molecule has 0 saturated carbocycles. The monoisotopic (exact) mass is 236 g/mol. The van der Waals surface area contributed by atoms with E-state index in [1.807, 2.05) is 0 Å². The maximum Gasteiger partial charge on any atom is 0.124 e. The first-order valence-electron chi connectivity index (χ1n) is 4.56. The van der Waals surface area contributed by atoms with Gasteiger partial charge in [0.2, 0.25) is 0 Å². The molecule has 0 saturated heterocycles. The van der Waals surface area contributed by atoms with Crippen LogP contribution in [0, 0.1) is 6.92 Å². The van der Waals surface area contributed by atoms with Gasteiger partial charge in [-0.1, -0.05) is 23.8 Å². The van der Waals surface area contributed by atoms with Crippen LogP contribution in [0.5, 0.6) is 5.75 Å². The molecule has 0 aliphatic heterocycles. The summed E-state index contributed by atoms with van der Waals surface area (Å²) in [4.78, 5) is -0.280. The summed E-state index contributed by atoms with van der Waals surface area (Å²) in [7, 11) is -4.45. The molecule has 4 nitrogen and oxygen atoms in total. The van der Waals surface area contributed by atoms with Gasteiger partial charge in [-0.15, -0.1) is 5.75 Å². The third-order valence-electron chi connectivity index (χ3n) is 2.50. The van der Waals surface area contributed by atoms with Gasteiger partial charge in [-0.05, 0) is 29.8 Å². The van der Waals surface area contributed by atoms with E-state index in [9.17, 15) is 18.1 Å². The highest BCUT2D eigenvalue weighted by Gasteiger charge is 2.04. The van der Waals surface area contributed by atoms with Crippen molar-refractivity contribution in [2.45, 2.75) is 11.8 Å². The third kappa shape index (κ3) is 1.75. The second kappa shape index (κ2) is 3.47. The van der Waals surface area contributed by atoms with Gasteiger partial charge in [-0.2, -0.15) is 0 Å². The van der Waals surface area contributed by atoms with Crippen molar-refractivity contribution in [2.24, 2.45) is 0 Å². The Bertz CT molecular complexity index is 659. The summed E-state index contributed by atoms with van der Waals surface area (Å²) in [5, 5.41) is 12.6. The van der Waals surface area contributed by atoms with Gasteiger partial charge < -0.3 is 9.66 Å². The maximum absolute atomic E-state index is 11.3. The molecule has 0 fully saturated rings. The molecule has 0 spiro atoms. The van der Waals surface area contributed by atoms with Crippen LogP contribution in [0.2, 0.25) is 0 Å². The lowest BCUT2D eigenvalue weighted by molar-refractivity contribution is -0.269. The first kappa shape index (κ1) is 10.9. The largest absolute Gasteiger partial charge is 0.872 e. The Labute approximate surface area is 92.9 Å². The number of rotatable bonds is 1. The Balaban J connectivity index is 2.80. The van der Waals surface area contributed by atoms with Gasteiger partial charge in [0.25, 0.3) is 0 Å². The standard InChI is InChI=1S/C11H10O4S/c1-7-10-4-3-9(16(13,14)15)6-8(10)2-5-11(7)12/h2-6,12H,1H3,(H,13,14,15)/p-2. The van der Waals surface area contributed by atoms with Gasteiger partial charge in [0.1, 0.15) is 10.1 Å². The van der Waals surface area contributed by atoms with E-state index in [-0.39, 0.29) is 10.6 Å². The molecule has 84 valence electrons. The quantitative estimate of drug-likeness (QED) is 0.695. The fourth-order valence-corrected chi connectivity index (χ4v) is 2.10. The number of benzene rings is 2. The Morgan fingerprint density at radius 3 is 2.44 bits per heavy atom. The highest BCUT2D eigenvalue weighted by molar-refractivity contribution is 7.85. The molecule has 2 rings (SSSR count). The van der Waals surface area contributed by atoms with Crippen LogP contribution in [0.15, 0.2) is 35.2 Å². The molecule has 0 bridgehead atoms. The zero-order valence-corrected chi connectivity index (χ0v) is 9.24. The summed E-state index contributed by atoms with van der Waals surface area (Å²) in [6, 6.07) is 6.86. The van der Waals surface area contributed by atoms with E-state index in [1.54, 1.807) is 6.92 Å². The van der Waals surface area contributed by atoms with Gasteiger partial charge in [-0.25, -0.2) is 8.42 Å². The van der Waals surface area contributed by atoms with Crippen LogP contribution in [-0.2, 0) is 10.1 Å². The van der Waals surface area contributed by atoms with E-state index in [1.165, 1.54) is 30.3 Å². The minimum absolute atomic E-state index is 0.106. The van der Waals surface area contributed by atoms with Gasteiger partial charge in [0, 0.05) is 0 Å². The first-order chi connectivity index (χ1) is 7.39. The minimum Gasteiger partial charge on any atom is -0.872 e. The van der Waals surface area contributed by atoms with Crippen molar-refractivity contribution in [2.75, 3.05) is 0 Å². The summed E-state index contributed by atoms with van der Waals surface area (Å²) in [5.41, 5.74) is 0.548. The Kier molecular flexibility index (Phi) is 2.36. The molecule has 5 heteroatoms. The number of fused-ring (bicyclic) bond motifs is 1. The first-order valence-corrected chi connectivity index (χ1v) is 5.97. The Morgan fingerprint density at radius 2 is 1.81 bits per heavy atom. The average Bonchev–Trinajstić information content (AvgIpc) is 2.22. The van der Waals surface area contributed by atoms with Crippen molar-refractivity contribution in [1.82, 2.24) is 0 Å². The SMILES string of the molecule is Cc1c([O-])ccc2cc(S(=O)(=O)[O-])ccc12. The van der Waals surface area contributed by atoms with Crippen LogP contribution in [0.4, 0.5) is 0 Å². The van der Waals surface area contributed by atoms with Gasteiger partial charge in [-0.3, -0.25) is 0 Å². The normalized spacial score (nSPS) is 11.9. The van der Waals surface area contributed by atoms with Crippen molar-refractivity contribution in [3.63, 3.8) is 0 Å². The van der Waals surface area contributed by atoms with Crippen molar-refractivity contribution in [3.05, 3.63) is 35.9 Å². The average molecular weight is 236 g/mol. The molecule has 0 atom stereocenters. The smallest absolute Gasteiger partial charge is 0.124 e. The molecule has 0 aliphatic carbocycles. The summed E-state index contributed by atoms with van der Waals surface area (Å²) in [6.45, 7) is 1.66. The minimum atomic E-state index is -4.45. The lowest BCUT2D eigenvalue weighted by atomic mass is 10.1. The molecule has 0 N–H and O–H groups in total. The van der Waals surface area contributed by atoms with Crippen molar-refractivity contribution >= 4 is 20.9 Å². The summed E-state index contributed by atoms with van der Waals surface area (Å²) in [6.07, 6.45) is 0. The van der Waals surface area contributed by atoms with Crippen LogP contribution in [0.1, 0.15) is 5.56 Å². The highest BCUT2D eigenvalue weighted by Crippen LogP contribution is 2.26. The van der Waals surface area contributed by atoms with Crippen molar-refractivity contribution in [3.8, 4) is 5.75 Å². The molecule has 0 unspecified atom stereocenters. The van der Waals surface area contributed by atoms with E-state index in [2.05, 4.69) is 0 Å². The van der Waals surface area contributed by atoms with Gasteiger partial charge >= 0.3 is 0 Å². The van der Waals surface area contributed by atoms with E-state index in [0.29, 0.717) is 16.3 Å². The Hall–Kier alpha value is -1.59. The number of aryl methyl sites for hydroxylation is 1. The second-order valence-electron chi connectivity index (χ2n) is 3.53. The lowest BCUT2D eigenvalue weighted by Gasteiger charge is -2.14. The summed E-state index contributed by atoms with van der Waals surface area (Å²) in [5.74, 6) is -0.106. The molecule has 0 aliphatic rings. The predicted octanol–water partition coefficient (Wildman–Crippen LogP) is 1.13. The molecule has 0 heterocycles. The molecule has 0 aromatic heterocycles. The molecular weight excluding hydrogens is 228 g/mol. The molecule has 2 aromatic carbocycles. The molecule has 2 aromatic rings. The van der Waals surface area contributed by atoms with Crippen LogP contribution in [0.3, 0.4) is 0 Å². The summed E-state index contributed by atoms with van der Waals surface area (Å²) < 4.78 is 32.4. The van der Waals surface area contributed by atoms with E-state index >= 15 is 0 Å². The molecule has 0 radical (unpaired) electrons. The van der Waals surface area contributed by atoms with E-state index in [0.717, 1.165) is 0 Å². The van der Waals surface area contributed by atoms with Gasteiger partial charge in [0.15, 0.2) is 0 Å². The molecule has 16 heavy (non-hydrogen) atoms. The van der Waals surface area contributed by atoms with Gasteiger partial charge in [0.05, 0.1) is 4.90 Å². The molecule has 0 amide bonds. The zero-order chi connectivity index (χ0) is 11.9. The second-order valence-corrected chi connectivity index (χ2v) is 4.91. The number of hydrogen-bond donors (Lipinski definition) is 0. The van der Waals surface area contributed by atoms with Crippen LogP contribution in [-0.4, -0.2) is 13.0 Å². The fraction of sp³-hybridized carbons (Fsp3) is 0.0909. The van der Waals surface area contributed by atoms with Crippen LogP contribution in [0.25, 0.3) is 10.8 Å². The lowest BCUT2D eigenvalue weighted by Crippen LogP contribution is -1.99. The van der Waals surface area contributed by atoms with E-state index < -0.39 is 10.1 Å². The maximum atomic E-state index is 11.3. The Morgan fingerprint density at radius 1 is 1.12 bits per heavy atom. The third-order valence-corrected chi connectivity index (χ3v) is 3.33. The van der Waals surface area contributed by atoms with Crippen LogP contribution >= 0.6 is 0 Å². The topological polar surface area (TPSA) is 80.3 Å². The van der Waals surface area contributed by atoms with Crippen molar-refractivity contribution < 1.29 is 18.1 Å². The van der Waals surface area contributed by atoms with Crippen LogP contribution < -0.4 is 5.11 Å². The fourth-order valence-electron chi connectivity index (χ4n) is 1.60. The van der Waals surface area contributed by atoms with Crippen molar-refractivity contribution in [1.29, 1.82) is 0 Å². The summed E-state index contributed by atoms with van der Waals surface area (Å²) >= 11 is 0. The predicted molar refractivity (Wildman–Crippen MR) is 56.1 cm³/mol. The molecular formula is C11H8O4S-2. The highest BCUT2D eigenvalue weighted by atomic mass is 32.2.